The van der Waals surface area contributed by atoms with Gasteiger partial charge in [-0.1, -0.05) is 0 Å². The Morgan fingerprint density at radius 2 is 2.33 bits per heavy atom. The maximum absolute atomic E-state index is 9.08. The first-order valence-electron chi connectivity index (χ1n) is 5.75. The van der Waals surface area contributed by atoms with Crippen LogP contribution in [0.4, 0.5) is 5.82 Å². The van der Waals surface area contributed by atoms with Crippen molar-refractivity contribution in [2.75, 3.05) is 12.3 Å². The highest BCUT2D eigenvalue weighted by Crippen LogP contribution is 2.32. The molecule has 1 unspecified atom stereocenters. The standard InChI is InChI=1S/C11H13ClN4O2/c12-11-14-9(13)7-3-4-16(10(7)15-11)8-2-1-6(5-17)18-8/h3-4,6,8,17H,1-2,5H2,(H2,13,14,15)/t6-,8?/m0/s1. The lowest BCUT2D eigenvalue weighted by atomic mass is 10.2. The van der Waals surface area contributed by atoms with E-state index >= 15 is 0 Å². The van der Waals surface area contributed by atoms with Gasteiger partial charge in [0.05, 0.1) is 18.1 Å². The zero-order valence-corrected chi connectivity index (χ0v) is 10.3. The molecule has 1 fully saturated rings. The monoisotopic (exact) mass is 268 g/mol. The molecule has 2 aromatic rings. The second kappa shape index (κ2) is 4.38. The average molecular weight is 269 g/mol. The number of nitrogen functional groups attached to an aromatic ring is 1. The summed E-state index contributed by atoms with van der Waals surface area (Å²) in [6.45, 7) is 0.0353. The van der Waals surface area contributed by atoms with Gasteiger partial charge in [-0.2, -0.15) is 4.98 Å². The number of nitrogens with zero attached hydrogens (tertiary/aromatic N) is 3. The normalized spacial score (nSPS) is 23.9. The Balaban J connectivity index is 2.03. The van der Waals surface area contributed by atoms with E-state index < -0.39 is 0 Å². The molecule has 0 spiro atoms. The van der Waals surface area contributed by atoms with Gasteiger partial charge < -0.3 is 20.1 Å². The van der Waals surface area contributed by atoms with Gasteiger partial charge in [-0.25, -0.2) is 4.98 Å². The summed E-state index contributed by atoms with van der Waals surface area (Å²) in [4.78, 5) is 8.10. The van der Waals surface area contributed by atoms with Crippen LogP contribution in [-0.4, -0.2) is 32.4 Å². The Morgan fingerprint density at radius 3 is 3.06 bits per heavy atom. The molecule has 0 aromatic carbocycles. The van der Waals surface area contributed by atoms with Gasteiger partial charge >= 0.3 is 0 Å². The zero-order chi connectivity index (χ0) is 12.7. The van der Waals surface area contributed by atoms with Crippen molar-refractivity contribution < 1.29 is 9.84 Å². The lowest BCUT2D eigenvalue weighted by molar-refractivity contribution is -0.0204. The van der Waals surface area contributed by atoms with Crippen LogP contribution < -0.4 is 5.73 Å². The van der Waals surface area contributed by atoms with Crippen molar-refractivity contribution >= 4 is 28.5 Å². The van der Waals surface area contributed by atoms with E-state index in [1.165, 1.54) is 0 Å². The van der Waals surface area contributed by atoms with Crippen molar-refractivity contribution in [2.24, 2.45) is 0 Å². The number of aliphatic hydroxyl groups is 1. The van der Waals surface area contributed by atoms with Gasteiger partial charge in [0.1, 0.15) is 17.7 Å². The lowest BCUT2D eigenvalue weighted by Crippen LogP contribution is -2.14. The molecule has 1 aliphatic heterocycles. The molecule has 3 heterocycles. The number of anilines is 1. The first-order chi connectivity index (χ1) is 8.69. The predicted octanol–water partition coefficient (Wildman–Crippen LogP) is 1.34. The van der Waals surface area contributed by atoms with Gasteiger partial charge in [-0.15, -0.1) is 0 Å². The molecule has 1 aliphatic rings. The Kier molecular flexibility index (Phi) is 2.85. The Hall–Kier alpha value is -1.37. The number of halogens is 1. The van der Waals surface area contributed by atoms with Crippen LogP contribution in [0.1, 0.15) is 19.1 Å². The van der Waals surface area contributed by atoms with Gasteiger partial charge in [-0.3, -0.25) is 0 Å². The van der Waals surface area contributed by atoms with E-state index in [9.17, 15) is 0 Å². The van der Waals surface area contributed by atoms with E-state index in [0.717, 1.165) is 18.2 Å². The van der Waals surface area contributed by atoms with Gasteiger partial charge in [-0.05, 0) is 30.5 Å². The van der Waals surface area contributed by atoms with Crippen LogP contribution in [0.15, 0.2) is 12.3 Å². The van der Waals surface area contributed by atoms with Gasteiger partial charge in [0.25, 0.3) is 0 Å². The number of hydrogen-bond donors (Lipinski definition) is 2. The quantitative estimate of drug-likeness (QED) is 0.803. The van der Waals surface area contributed by atoms with E-state index in [4.69, 9.17) is 27.2 Å². The summed E-state index contributed by atoms with van der Waals surface area (Å²) in [5, 5.41) is 9.96. The molecule has 3 N–H and O–H groups in total. The van der Waals surface area contributed by atoms with Crippen LogP contribution in [0.3, 0.4) is 0 Å². The topological polar surface area (TPSA) is 86.2 Å². The van der Waals surface area contributed by atoms with Crippen molar-refractivity contribution in [1.29, 1.82) is 0 Å². The minimum Gasteiger partial charge on any atom is -0.394 e. The summed E-state index contributed by atoms with van der Waals surface area (Å²) < 4.78 is 7.60. The summed E-state index contributed by atoms with van der Waals surface area (Å²) in [5.41, 5.74) is 6.46. The highest BCUT2D eigenvalue weighted by Gasteiger charge is 2.27. The van der Waals surface area contributed by atoms with Crippen LogP contribution >= 0.6 is 11.6 Å². The van der Waals surface area contributed by atoms with Crippen LogP contribution in [-0.2, 0) is 4.74 Å². The minimum atomic E-state index is -0.134. The van der Waals surface area contributed by atoms with Crippen molar-refractivity contribution in [2.45, 2.75) is 25.2 Å². The van der Waals surface area contributed by atoms with Crippen LogP contribution in [0.25, 0.3) is 11.0 Å². The SMILES string of the molecule is Nc1nc(Cl)nc2c1ccn2C1CC[C@@H](CO)O1. The van der Waals surface area contributed by atoms with Gasteiger partial charge in [0.15, 0.2) is 0 Å². The molecule has 7 heteroatoms. The fourth-order valence-corrected chi connectivity index (χ4v) is 2.46. The Bertz CT molecular complexity index is 586. The molecule has 0 saturated carbocycles. The van der Waals surface area contributed by atoms with Gasteiger partial charge in [0.2, 0.25) is 5.28 Å². The molecule has 2 aromatic heterocycles. The van der Waals surface area contributed by atoms with Gasteiger partial charge in [0, 0.05) is 6.20 Å². The molecule has 6 nitrogen and oxygen atoms in total. The third kappa shape index (κ3) is 1.82. The molecule has 2 atom stereocenters. The highest BCUT2D eigenvalue weighted by atomic mass is 35.5. The van der Waals surface area contributed by atoms with Crippen molar-refractivity contribution in [3.8, 4) is 0 Å². The van der Waals surface area contributed by atoms with Crippen LogP contribution in [0, 0.1) is 0 Å². The third-order valence-electron chi connectivity index (χ3n) is 3.17. The number of ether oxygens (including phenoxy) is 1. The van der Waals surface area contributed by atoms with E-state index in [1.807, 2.05) is 16.8 Å². The number of hydrogen-bond acceptors (Lipinski definition) is 5. The molecule has 18 heavy (non-hydrogen) atoms. The number of nitrogens with two attached hydrogens (primary N) is 1. The third-order valence-corrected chi connectivity index (χ3v) is 3.34. The molecular weight excluding hydrogens is 256 g/mol. The summed E-state index contributed by atoms with van der Waals surface area (Å²) in [5.74, 6) is 0.362. The first-order valence-corrected chi connectivity index (χ1v) is 6.12. The molecule has 96 valence electrons. The second-order valence-corrected chi connectivity index (χ2v) is 4.65. The van der Waals surface area contributed by atoms with E-state index in [0.29, 0.717) is 11.5 Å². The maximum atomic E-state index is 9.08. The molecule has 0 amide bonds. The van der Waals surface area contributed by atoms with E-state index in [1.54, 1.807) is 0 Å². The predicted molar refractivity (Wildman–Crippen MR) is 67.2 cm³/mol. The summed E-state index contributed by atoms with van der Waals surface area (Å²) in [6.07, 6.45) is 3.27. The summed E-state index contributed by atoms with van der Waals surface area (Å²) in [7, 11) is 0. The molecular formula is C11H13ClN4O2. The van der Waals surface area contributed by atoms with Crippen molar-refractivity contribution in [1.82, 2.24) is 14.5 Å². The summed E-state index contributed by atoms with van der Waals surface area (Å²) in [6, 6.07) is 1.84. The Labute approximate surface area is 108 Å². The molecule has 3 rings (SSSR count). The number of fused-ring (bicyclic) bond motifs is 1. The summed E-state index contributed by atoms with van der Waals surface area (Å²) >= 11 is 5.82. The number of aliphatic hydroxyl groups excluding tert-OH is 1. The van der Waals surface area contributed by atoms with Crippen molar-refractivity contribution in [3.63, 3.8) is 0 Å². The van der Waals surface area contributed by atoms with Crippen molar-refractivity contribution in [3.05, 3.63) is 17.5 Å². The fourth-order valence-electron chi connectivity index (χ4n) is 2.29. The minimum absolute atomic E-state index is 0.0353. The number of rotatable bonds is 2. The largest absolute Gasteiger partial charge is 0.394 e. The zero-order valence-electron chi connectivity index (χ0n) is 9.58. The lowest BCUT2D eigenvalue weighted by Gasteiger charge is -2.14. The fraction of sp³-hybridized carbons (Fsp3) is 0.455. The Morgan fingerprint density at radius 1 is 1.50 bits per heavy atom. The van der Waals surface area contributed by atoms with E-state index in [2.05, 4.69) is 9.97 Å². The molecule has 0 aliphatic carbocycles. The maximum Gasteiger partial charge on any atom is 0.226 e. The molecule has 0 radical (unpaired) electrons. The number of aromatic nitrogens is 3. The van der Waals surface area contributed by atoms with Crippen LogP contribution in [0.5, 0.6) is 0 Å². The van der Waals surface area contributed by atoms with Crippen LogP contribution in [0.2, 0.25) is 5.28 Å². The second-order valence-electron chi connectivity index (χ2n) is 4.31. The average Bonchev–Trinajstić information content (AvgIpc) is 2.93. The molecule has 1 saturated heterocycles. The highest BCUT2D eigenvalue weighted by molar-refractivity contribution is 6.28. The van der Waals surface area contributed by atoms with E-state index in [-0.39, 0.29) is 24.2 Å². The first kappa shape index (κ1) is 11.7. The molecule has 0 bridgehead atoms. The smallest absolute Gasteiger partial charge is 0.226 e.